The van der Waals surface area contributed by atoms with Gasteiger partial charge in [0.05, 0.1) is 6.61 Å². The van der Waals surface area contributed by atoms with Gasteiger partial charge in [0.2, 0.25) is 17.5 Å². The van der Waals surface area contributed by atoms with E-state index in [4.69, 9.17) is 26.0 Å². The number of hydrogen-bond acceptors (Lipinski definition) is 5. The summed E-state index contributed by atoms with van der Waals surface area (Å²) in [5.41, 5.74) is 0.983. The SMILES string of the molecule is COC[C@@H](C)Nc1oc(-c2ccc(Cl)cc2)nc1C#N. The van der Waals surface area contributed by atoms with Crippen molar-refractivity contribution in [2.45, 2.75) is 13.0 Å². The Kier molecular flexibility index (Phi) is 4.61. The summed E-state index contributed by atoms with van der Waals surface area (Å²) in [5.74, 6) is 0.729. The average molecular weight is 292 g/mol. The number of hydrogen-bond donors (Lipinski definition) is 1. The third-order valence-electron chi connectivity index (χ3n) is 2.62. The van der Waals surface area contributed by atoms with Crippen molar-refractivity contribution >= 4 is 17.5 Å². The summed E-state index contributed by atoms with van der Waals surface area (Å²) in [6, 6.07) is 9.09. The van der Waals surface area contributed by atoms with E-state index >= 15 is 0 Å². The monoisotopic (exact) mass is 291 g/mol. The number of nitrogens with one attached hydrogen (secondary N) is 1. The van der Waals surface area contributed by atoms with Gasteiger partial charge in [0.15, 0.2) is 0 Å². The quantitative estimate of drug-likeness (QED) is 0.915. The van der Waals surface area contributed by atoms with Crippen molar-refractivity contribution in [1.82, 2.24) is 4.98 Å². The number of rotatable bonds is 5. The van der Waals surface area contributed by atoms with Crippen LogP contribution >= 0.6 is 11.6 Å². The molecule has 2 rings (SSSR count). The van der Waals surface area contributed by atoms with Gasteiger partial charge in [-0.1, -0.05) is 11.6 Å². The molecule has 1 heterocycles. The Morgan fingerprint density at radius 3 is 2.75 bits per heavy atom. The fraction of sp³-hybridized carbons (Fsp3) is 0.286. The number of halogens is 1. The van der Waals surface area contributed by atoms with Crippen molar-refractivity contribution in [3.05, 3.63) is 35.0 Å². The van der Waals surface area contributed by atoms with Crippen LogP contribution in [0.2, 0.25) is 5.02 Å². The zero-order valence-electron chi connectivity index (χ0n) is 11.2. The molecule has 0 fully saturated rings. The smallest absolute Gasteiger partial charge is 0.232 e. The Labute approximate surface area is 122 Å². The molecule has 2 aromatic rings. The van der Waals surface area contributed by atoms with Gasteiger partial charge in [0, 0.05) is 23.7 Å². The highest BCUT2D eigenvalue weighted by atomic mass is 35.5. The Morgan fingerprint density at radius 2 is 2.15 bits per heavy atom. The van der Waals surface area contributed by atoms with Crippen LogP contribution in [0.4, 0.5) is 5.88 Å². The summed E-state index contributed by atoms with van der Waals surface area (Å²) in [7, 11) is 1.61. The van der Waals surface area contributed by atoms with E-state index in [2.05, 4.69) is 10.3 Å². The van der Waals surface area contributed by atoms with Gasteiger partial charge in [0.1, 0.15) is 6.07 Å². The van der Waals surface area contributed by atoms with E-state index < -0.39 is 0 Å². The number of nitriles is 1. The van der Waals surface area contributed by atoms with Crippen LogP contribution in [-0.2, 0) is 4.74 Å². The minimum absolute atomic E-state index is 0.0121. The van der Waals surface area contributed by atoms with Crippen molar-refractivity contribution < 1.29 is 9.15 Å². The second-order valence-corrected chi connectivity index (χ2v) is 4.75. The van der Waals surface area contributed by atoms with E-state index in [1.54, 1.807) is 31.4 Å². The molecule has 1 aromatic carbocycles. The fourth-order valence-electron chi connectivity index (χ4n) is 1.73. The molecule has 0 aliphatic heterocycles. The molecule has 0 amide bonds. The molecule has 104 valence electrons. The summed E-state index contributed by atoms with van der Waals surface area (Å²) in [4.78, 5) is 4.17. The van der Waals surface area contributed by atoms with E-state index in [9.17, 15) is 0 Å². The van der Waals surface area contributed by atoms with Crippen LogP contribution in [0, 0.1) is 11.3 Å². The van der Waals surface area contributed by atoms with Gasteiger partial charge in [-0.2, -0.15) is 10.2 Å². The highest BCUT2D eigenvalue weighted by Gasteiger charge is 2.16. The van der Waals surface area contributed by atoms with Crippen LogP contribution in [0.1, 0.15) is 12.6 Å². The number of aromatic nitrogens is 1. The number of benzene rings is 1. The van der Waals surface area contributed by atoms with Crippen molar-refractivity contribution in [3.8, 4) is 17.5 Å². The average Bonchev–Trinajstić information content (AvgIpc) is 2.82. The topological polar surface area (TPSA) is 71.1 Å². The van der Waals surface area contributed by atoms with Gasteiger partial charge in [-0.15, -0.1) is 0 Å². The van der Waals surface area contributed by atoms with E-state index in [0.29, 0.717) is 23.4 Å². The molecular formula is C14H14ClN3O2. The van der Waals surface area contributed by atoms with Gasteiger partial charge in [-0.25, -0.2) is 0 Å². The molecule has 1 aromatic heterocycles. The molecule has 1 N–H and O–H groups in total. The second-order valence-electron chi connectivity index (χ2n) is 4.32. The highest BCUT2D eigenvalue weighted by Crippen LogP contribution is 2.26. The van der Waals surface area contributed by atoms with Crippen molar-refractivity contribution in [2.24, 2.45) is 0 Å². The van der Waals surface area contributed by atoms with Gasteiger partial charge >= 0.3 is 0 Å². The molecule has 0 bridgehead atoms. The number of nitrogens with zero attached hydrogens (tertiary/aromatic N) is 2. The summed E-state index contributed by atoms with van der Waals surface area (Å²) in [5, 5.41) is 12.8. The lowest BCUT2D eigenvalue weighted by atomic mass is 10.2. The van der Waals surface area contributed by atoms with Crippen molar-refractivity contribution in [2.75, 3.05) is 19.0 Å². The zero-order chi connectivity index (χ0) is 14.5. The third kappa shape index (κ3) is 3.29. The maximum absolute atomic E-state index is 9.10. The Bertz CT molecular complexity index is 616. The van der Waals surface area contributed by atoms with E-state index in [1.807, 2.05) is 13.0 Å². The maximum Gasteiger partial charge on any atom is 0.232 e. The maximum atomic E-state index is 9.10. The lowest BCUT2D eigenvalue weighted by Crippen LogP contribution is -2.20. The van der Waals surface area contributed by atoms with Gasteiger partial charge < -0.3 is 14.5 Å². The molecule has 1 atom stereocenters. The van der Waals surface area contributed by atoms with Crippen molar-refractivity contribution in [1.29, 1.82) is 5.26 Å². The van der Waals surface area contributed by atoms with Crippen LogP contribution in [0.15, 0.2) is 28.7 Å². The van der Waals surface area contributed by atoms with E-state index in [-0.39, 0.29) is 11.7 Å². The van der Waals surface area contributed by atoms with Crippen LogP contribution in [0.25, 0.3) is 11.5 Å². The first kappa shape index (κ1) is 14.4. The van der Waals surface area contributed by atoms with Crippen LogP contribution < -0.4 is 5.32 Å². The standard InChI is InChI=1S/C14H14ClN3O2/c1-9(8-19-2)17-14-12(7-16)18-13(20-14)10-3-5-11(15)6-4-10/h3-6,9,17H,8H2,1-2H3/t9-/m1/s1. The van der Waals surface area contributed by atoms with E-state index in [0.717, 1.165) is 5.56 Å². The summed E-state index contributed by atoms with van der Waals surface area (Å²) >= 11 is 5.84. The lowest BCUT2D eigenvalue weighted by Gasteiger charge is -2.10. The van der Waals surface area contributed by atoms with Gasteiger partial charge in [-0.3, -0.25) is 0 Å². The van der Waals surface area contributed by atoms with Gasteiger partial charge in [-0.05, 0) is 31.2 Å². The molecule has 0 saturated heterocycles. The molecule has 5 nitrogen and oxygen atoms in total. The zero-order valence-corrected chi connectivity index (χ0v) is 11.9. The third-order valence-corrected chi connectivity index (χ3v) is 2.87. The molecule has 20 heavy (non-hydrogen) atoms. The lowest BCUT2D eigenvalue weighted by molar-refractivity contribution is 0.189. The predicted molar refractivity (Wildman–Crippen MR) is 76.6 cm³/mol. The number of ether oxygens (including phenoxy) is 1. The molecule has 0 unspecified atom stereocenters. The van der Waals surface area contributed by atoms with Crippen molar-refractivity contribution in [3.63, 3.8) is 0 Å². The molecule has 0 aliphatic rings. The largest absolute Gasteiger partial charge is 0.419 e. The molecule has 6 heteroatoms. The Morgan fingerprint density at radius 1 is 1.45 bits per heavy atom. The molecular weight excluding hydrogens is 278 g/mol. The first-order chi connectivity index (χ1) is 9.63. The molecule has 0 spiro atoms. The number of oxazole rings is 1. The number of anilines is 1. The highest BCUT2D eigenvalue weighted by molar-refractivity contribution is 6.30. The summed E-state index contributed by atoms with van der Waals surface area (Å²) in [6.07, 6.45) is 0. The van der Waals surface area contributed by atoms with Gasteiger partial charge in [0.25, 0.3) is 0 Å². The second kappa shape index (κ2) is 6.42. The molecule has 0 saturated carbocycles. The van der Waals surface area contributed by atoms with Crippen LogP contribution in [-0.4, -0.2) is 24.7 Å². The predicted octanol–water partition coefficient (Wildman–Crippen LogP) is 3.31. The number of methoxy groups -OCH3 is 1. The summed E-state index contributed by atoms with van der Waals surface area (Å²) in [6.45, 7) is 2.43. The fourth-order valence-corrected chi connectivity index (χ4v) is 1.85. The normalized spacial score (nSPS) is 11.9. The van der Waals surface area contributed by atoms with Crippen LogP contribution in [0.5, 0.6) is 0 Å². The molecule has 0 aliphatic carbocycles. The Hall–Kier alpha value is -2.03. The van der Waals surface area contributed by atoms with Crippen LogP contribution in [0.3, 0.4) is 0 Å². The molecule has 0 radical (unpaired) electrons. The summed E-state index contributed by atoms with van der Waals surface area (Å²) < 4.78 is 10.6. The minimum atomic E-state index is 0.0121. The Balaban J connectivity index is 2.27. The first-order valence-electron chi connectivity index (χ1n) is 6.06. The van der Waals surface area contributed by atoms with E-state index in [1.165, 1.54) is 0 Å². The first-order valence-corrected chi connectivity index (χ1v) is 6.44. The minimum Gasteiger partial charge on any atom is -0.419 e.